The van der Waals surface area contributed by atoms with E-state index in [4.69, 9.17) is 4.65 Å². The molecule has 1 aliphatic rings. The van der Waals surface area contributed by atoms with Crippen LogP contribution < -0.4 is 16.1 Å². The first-order chi connectivity index (χ1) is 11.8. The Labute approximate surface area is 139 Å². The standard InChI is InChI=1S/C15H11BF4N2O3/c17-12-3-1-2-10(15(18,19)20)13(12)22-14(23)21-9-5-4-8-7-25-16(24)11(8)6-9/h1-6,24H,7H2,(H2,21,22,23). The van der Waals surface area contributed by atoms with Crippen LogP contribution in [0.15, 0.2) is 36.4 Å². The zero-order chi connectivity index (χ0) is 18.2. The number of amides is 2. The molecule has 0 atom stereocenters. The van der Waals surface area contributed by atoms with Gasteiger partial charge in [0, 0.05) is 5.69 Å². The molecular weight excluding hydrogens is 343 g/mol. The van der Waals surface area contributed by atoms with Gasteiger partial charge in [0.25, 0.3) is 0 Å². The van der Waals surface area contributed by atoms with E-state index < -0.39 is 36.4 Å². The van der Waals surface area contributed by atoms with Gasteiger partial charge in [0.05, 0.1) is 17.9 Å². The molecule has 0 saturated carbocycles. The molecule has 0 bridgehead atoms. The Morgan fingerprint density at radius 3 is 2.68 bits per heavy atom. The molecule has 0 fully saturated rings. The first-order valence-electron chi connectivity index (χ1n) is 7.12. The van der Waals surface area contributed by atoms with Crippen molar-refractivity contribution in [3.63, 3.8) is 0 Å². The van der Waals surface area contributed by atoms with E-state index in [1.807, 2.05) is 5.32 Å². The highest BCUT2D eigenvalue weighted by molar-refractivity contribution is 6.61. The second-order valence-corrected chi connectivity index (χ2v) is 5.32. The van der Waals surface area contributed by atoms with Gasteiger partial charge in [0.2, 0.25) is 0 Å². The average Bonchev–Trinajstić information content (AvgIpc) is 2.89. The zero-order valence-electron chi connectivity index (χ0n) is 12.5. The van der Waals surface area contributed by atoms with Crippen LogP contribution in [0.2, 0.25) is 0 Å². The minimum atomic E-state index is -4.82. The van der Waals surface area contributed by atoms with Crippen LogP contribution in [0.1, 0.15) is 11.1 Å². The van der Waals surface area contributed by atoms with Crippen molar-refractivity contribution in [2.75, 3.05) is 10.6 Å². The molecule has 3 rings (SSSR count). The third-order valence-electron chi connectivity index (χ3n) is 3.62. The Morgan fingerprint density at radius 1 is 1.20 bits per heavy atom. The highest BCUT2D eigenvalue weighted by Gasteiger charge is 2.35. The SMILES string of the molecule is O=C(Nc1ccc2c(c1)B(O)OC2)Nc1c(F)cccc1C(F)(F)F. The smallest absolute Gasteiger partial charge is 0.423 e. The van der Waals surface area contributed by atoms with Crippen LogP contribution in [-0.4, -0.2) is 18.2 Å². The predicted molar refractivity (Wildman–Crippen MR) is 82.9 cm³/mol. The highest BCUT2D eigenvalue weighted by atomic mass is 19.4. The topological polar surface area (TPSA) is 70.6 Å². The van der Waals surface area contributed by atoms with Crippen molar-refractivity contribution in [1.29, 1.82) is 0 Å². The number of carbonyl (C=O) groups excluding carboxylic acids is 1. The molecule has 0 spiro atoms. The van der Waals surface area contributed by atoms with Gasteiger partial charge < -0.3 is 20.3 Å². The molecule has 0 saturated heterocycles. The monoisotopic (exact) mass is 354 g/mol. The second kappa shape index (κ2) is 6.38. The highest BCUT2D eigenvalue weighted by Crippen LogP contribution is 2.36. The molecule has 2 amide bonds. The minimum absolute atomic E-state index is 0.214. The van der Waals surface area contributed by atoms with Crippen molar-refractivity contribution < 1.29 is 32.0 Å². The molecular formula is C15H11BF4N2O3. The number of alkyl halides is 3. The fourth-order valence-electron chi connectivity index (χ4n) is 2.46. The number of urea groups is 1. The fourth-order valence-corrected chi connectivity index (χ4v) is 2.46. The van der Waals surface area contributed by atoms with Gasteiger partial charge >= 0.3 is 19.3 Å². The summed E-state index contributed by atoms with van der Waals surface area (Å²) < 4.78 is 57.5. The number of nitrogens with one attached hydrogen (secondary N) is 2. The normalized spacial score (nSPS) is 13.6. The molecule has 2 aromatic carbocycles. The maximum absolute atomic E-state index is 13.7. The largest absolute Gasteiger partial charge is 0.491 e. The predicted octanol–water partition coefficient (Wildman–Crippen LogP) is 2.71. The van der Waals surface area contributed by atoms with Gasteiger partial charge in [-0.1, -0.05) is 12.1 Å². The van der Waals surface area contributed by atoms with E-state index in [-0.39, 0.29) is 12.3 Å². The third kappa shape index (κ3) is 3.59. The molecule has 0 radical (unpaired) electrons. The van der Waals surface area contributed by atoms with E-state index in [9.17, 15) is 27.4 Å². The number of hydrogen-bond donors (Lipinski definition) is 3. The van der Waals surface area contributed by atoms with Crippen molar-refractivity contribution in [1.82, 2.24) is 0 Å². The van der Waals surface area contributed by atoms with Crippen LogP contribution in [-0.2, 0) is 17.4 Å². The number of halogens is 4. The first kappa shape index (κ1) is 17.2. The number of hydrogen-bond acceptors (Lipinski definition) is 3. The lowest BCUT2D eigenvalue weighted by Gasteiger charge is -2.15. The summed E-state index contributed by atoms with van der Waals surface area (Å²) in [6.07, 6.45) is -4.82. The quantitative estimate of drug-likeness (QED) is 0.574. The maximum atomic E-state index is 13.7. The summed E-state index contributed by atoms with van der Waals surface area (Å²) in [6.45, 7) is 0.215. The van der Waals surface area contributed by atoms with Gasteiger partial charge in [-0.3, -0.25) is 0 Å². The Balaban J connectivity index is 1.79. The van der Waals surface area contributed by atoms with Gasteiger partial charge in [0.15, 0.2) is 0 Å². The van der Waals surface area contributed by atoms with Gasteiger partial charge in [0.1, 0.15) is 5.82 Å². The van der Waals surface area contributed by atoms with Gasteiger partial charge in [-0.15, -0.1) is 0 Å². The molecule has 3 N–H and O–H groups in total. The van der Waals surface area contributed by atoms with E-state index >= 15 is 0 Å². The number of rotatable bonds is 2. The summed E-state index contributed by atoms with van der Waals surface area (Å²) in [6, 6.07) is 5.86. The maximum Gasteiger partial charge on any atom is 0.491 e. The lowest BCUT2D eigenvalue weighted by Crippen LogP contribution is -2.29. The molecule has 25 heavy (non-hydrogen) atoms. The zero-order valence-corrected chi connectivity index (χ0v) is 12.5. The average molecular weight is 354 g/mol. The molecule has 130 valence electrons. The van der Waals surface area contributed by atoms with Crippen LogP contribution in [0.5, 0.6) is 0 Å². The Kier molecular flexibility index (Phi) is 4.40. The molecule has 1 heterocycles. The van der Waals surface area contributed by atoms with Crippen LogP contribution in [0.25, 0.3) is 0 Å². The molecule has 5 nitrogen and oxygen atoms in total. The van der Waals surface area contributed by atoms with E-state index in [1.165, 1.54) is 12.1 Å². The van der Waals surface area contributed by atoms with Crippen LogP contribution in [0, 0.1) is 5.82 Å². The molecule has 0 aliphatic carbocycles. The summed E-state index contributed by atoms with van der Waals surface area (Å²) in [5.74, 6) is -1.21. The first-order valence-corrected chi connectivity index (χ1v) is 7.12. The van der Waals surface area contributed by atoms with E-state index in [0.29, 0.717) is 11.5 Å². The third-order valence-corrected chi connectivity index (χ3v) is 3.62. The second-order valence-electron chi connectivity index (χ2n) is 5.32. The Hall–Kier alpha value is -2.59. The summed E-state index contributed by atoms with van der Waals surface area (Å²) >= 11 is 0. The van der Waals surface area contributed by atoms with Crippen molar-refractivity contribution in [3.05, 3.63) is 53.3 Å². The summed E-state index contributed by atoms with van der Waals surface area (Å²) in [4.78, 5) is 11.9. The Morgan fingerprint density at radius 2 is 1.96 bits per heavy atom. The van der Waals surface area contributed by atoms with Gasteiger partial charge in [-0.2, -0.15) is 13.2 Å². The molecule has 0 unspecified atom stereocenters. The van der Waals surface area contributed by atoms with Crippen molar-refractivity contribution >= 4 is 30.0 Å². The summed E-state index contributed by atoms with van der Waals surface area (Å²) in [7, 11) is -1.14. The van der Waals surface area contributed by atoms with Crippen LogP contribution in [0.4, 0.5) is 33.7 Å². The van der Waals surface area contributed by atoms with E-state index in [2.05, 4.69) is 5.32 Å². The fraction of sp³-hybridized carbons (Fsp3) is 0.133. The summed E-state index contributed by atoms with van der Waals surface area (Å²) in [5.41, 5.74) is -0.866. The van der Waals surface area contributed by atoms with E-state index in [1.54, 1.807) is 6.07 Å². The lowest BCUT2D eigenvalue weighted by atomic mass is 9.79. The lowest BCUT2D eigenvalue weighted by molar-refractivity contribution is -0.137. The van der Waals surface area contributed by atoms with Crippen molar-refractivity contribution in [2.45, 2.75) is 12.8 Å². The van der Waals surface area contributed by atoms with Crippen molar-refractivity contribution in [3.8, 4) is 0 Å². The van der Waals surface area contributed by atoms with Crippen LogP contribution in [0.3, 0.4) is 0 Å². The molecule has 10 heteroatoms. The number of benzene rings is 2. The van der Waals surface area contributed by atoms with E-state index in [0.717, 1.165) is 17.7 Å². The number of fused-ring (bicyclic) bond motifs is 1. The molecule has 0 aromatic heterocycles. The van der Waals surface area contributed by atoms with Crippen LogP contribution >= 0.6 is 0 Å². The molecule has 1 aliphatic heterocycles. The summed E-state index contributed by atoms with van der Waals surface area (Å²) in [5, 5.41) is 13.8. The van der Waals surface area contributed by atoms with Gasteiger partial charge in [-0.05, 0) is 35.3 Å². The molecule has 2 aromatic rings. The Bertz CT molecular complexity index is 829. The number of carbonyl (C=O) groups is 1. The van der Waals surface area contributed by atoms with Gasteiger partial charge in [-0.25, -0.2) is 9.18 Å². The minimum Gasteiger partial charge on any atom is -0.423 e. The number of para-hydroxylation sites is 1. The number of anilines is 2. The van der Waals surface area contributed by atoms with Crippen molar-refractivity contribution in [2.24, 2.45) is 0 Å².